The van der Waals surface area contributed by atoms with E-state index >= 15 is 0 Å². The van der Waals surface area contributed by atoms with Crippen molar-refractivity contribution in [2.75, 3.05) is 0 Å². The Morgan fingerprint density at radius 1 is 1.10 bits per heavy atom. The van der Waals surface area contributed by atoms with Crippen LogP contribution < -0.4 is 0 Å². The smallest absolute Gasteiger partial charge is 0.388 e. The summed E-state index contributed by atoms with van der Waals surface area (Å²) in [5, 5.41) is 29.3. The number of aromatic nitrogens is 2. The van der Waals surface area contributed by atoms with E-state index in [4.69, 9.17) is 4.74 Å². The van der Waals surface area contributed by atoms with E-state index in [1.807, 2.05) is 32.9 Å². The molecule has 3 rings (SSSR count). The Morgan fingerprint density at radius 3 is 2.19 bits per heavy atom. The maximum absolute atomic E-state index is 12.6. The molecule has 5 atom stereocenters. The Bertz CT molecular complexity index is 884. The molecule has 0 amide bonds. The molecule has 1 saturated heterocycles. The molecular formula is C22H27F3N2O4. The average molecular weight is 440 g/mol. The minimum Gasteiger partial charge on any atom is -0.388 e. The lowest BCUT2D eigenvalue weighted by molar-refractivity contribution is -0.137. The lowest BCUT2D eigenvalue weighted by Gasteiger charge is -2.22. The van der Waals surface area contributed by atoms with Crippen molar-refractivity contribution < 1.29 is 33.2 Å². The number of alkyl halides is 3. The molecule has 6 nitrogen and oxygen atoms in total. The number of aliphatic hydroxyl groups excluding tert-OH is 3. The van der Waals surface area contributed by atoms with Crippen molar-refractivity contribution in [3.05, 3.63) is 64.7 Å². The molecular weight excluding hydrogens is 413 g/mol. The van der Waals surface area contributed by atoms with Crippen LogP contribution >= 0.6 is 0 Å². The molecule has 2 heterocycles. The second-order valence-corrected chi connectivity index (χ2v) is 7.31. The number of hydrogen-bond acceptors (Lipinski definition) is 6. The topological polar surface area (TPSA) is 95.7 Å². The first-order valence-electron chi connectivity index (χ1n) is 9.75. The molecule has 1 fully saturated rings. The zero-order chi connectivity index (χ0) is 23.3. The van der Waals surface area contributed by atoms with Crippen LogP contribution in [0.5, 0.6) is 0 Å². The molecule has 1 aromatic carbocycles. The summed E-state index contributed by atoms with van der Waals surface area (Å²) in [6, 6.07) is 4.17. The van der Waals surface area contributed by atoms with E-state index in [2.05, 4.69) is 9.97 Å². The Hall–Kier alpha value is -2.33. The van der Waals surface area contributed by atoms with Crippen molar-refractivity contribution >= 4 is 6.08 Å². The second-order valence-electron chi connectivity index (χ2n) is 7.31. The minimum atomic E-state index is -4.52. The molecule has 1 aliphatic heterocycles. The number of hydrogen-bond donors (Lipinski definition) is 3. The number of halogens is 3. The lowest BCUT2D eigenvalue weighted by Crippen LogP contribution is -2.35. The van der Waals surface area contributed by atoms with Gasteiger partial charge >= 0.3 is 6.18 Å². The second kappa shape index (κ2) is 10.3. The van der Waals surface area contributed by atoms with Crippen LogP contribution in [-0.4, -0.2) is 49.7 Å². The minimum absolute atomic E-state index is 0.0230. The number of benzene rings is 1. The normalized spacial score (nSPS) is 24.7. The Morgan fingerprint density at radius 2 is 1.71 bits per heavy atom. The molecule has 170 valence electrons. The molecule has 0 radical (unpaired) electrons. The highest BCUT2D eigenvalue weighted by molar-refractivity contribution is 5.53. The number of aryl methyl sites for hydroxylation is 2. The van der Waals surface area contributed by atoms with Gasteiger partial charge in [0, 0.05) is 17.0 Å². The highest BCUT2D eigenvalue weighted by Gasteiger charge is 2.44. The monoisotopic (exact) mass is 440 g/mol. The maximum atomic E-state index is 12.6. The van der Waals surface area contributed by atoms with Crippen LogP contribution in [0.3, 0.4) is 0 Å². The Labute approximate surface area is 179 Å². The van der Waals surface area contributed by atoms with Gasteiger partial charge in [-0.15, -0.1) is 0 Å². The maximum Gasteiger partial charge on any atom is 0.416 e. The van der Waals surface area contributed by atoms with Gasteiger partial charge in [-0.1, -0.05) is 24.3 Å². The third-order valence-electron chi connectivity index (χ3n) is 5.02. The van der Waals surface area contributed by atoms with Gasteiger partial charge < -0.3 is 20.1 Å². The first-order valence-corrected chi connectivity index (χ1v) is 9.75. The number of aliphatic hydroxyl groups is 3. The van der Waals surface area contributed by atoms with Crippen LogP contribution in [0.25, 0.3) is 6.08 Å². The van der Waals surface area contributed by atoms with Crippen molar-refractivity contribution in [3.63, 3.8) is 0 Å². The van der Waals surface area contributed by atoms with Crippen LogP contribution in [0.1, 0.15) is 48.0 Å². The quantitative estimate of drug-likeness (QED) is 0.677. The molecule has 31 heavy (non-hydrogen) atoms. The van der Waals surface area contributed by atoms with E-state index in [1.54, 1.807) is 6.33 Å². The molecule has 9 heteroatoms. The Kier molecular flexibility index (Phi) is 8.30. The first-order chi connectivity index (χ1) is 14.5. The van der Waals surface area contributed by atoms with Crippen LogP contribution in [0.4, 0.5) is 13.2 Å². The van der Waals surface area contributed by atoms with Gasteiger partial charge in [-0.25, -0.2) is 9.97 Å². The van der Waals surface area contributed by atoms with E-state index in [-0.39, 0.29) is 5.56 Å². The average Bonchev–Trinajstić information content (AvgIpc) is 2.97. The summed E-state index contributed by atoms with van der Waals surface area (Å²) in [6.07, 6.45) is -4.74. The van der Waals surface area contributed by atoms with E-state index in [0.717, 1.165) is 29.1 Å². The van der Waals surface area contributed by atoms with Crippen LogP contribution in [0.2, 0.25) is 0 Å². The number of rotatable bonds is 3. The third-order valence-corrected chi connectivity index (χ3v) is 5.02. The SMILES string of the molecule is C/C=C\c1c(C)ncnc1C.CC1OC(C(O)c2cccc(C(F)(F)F)c2)C(O)C1O. The summed E-state index contributed by atoms with van der Waals surface area (Å²) >= 11 is 0. The van der Waals surface area contributed by atoms with Gasteiger partial charge in [0.2, 0.25) is 0 Å². The fraction of sp³-hybridized carbons (Fsp3) is 0.455. The van der Waals surface area contributed by atoms with Crippen molar-refractivity contribution in [2.24, 2.45) is 0 Å². The van der Waals surface area contributed by atoms with Crippen LogP contribution in [0.15, 0.2) is 36.7 Å². The van der Waals surface area contributed by atoms with Gasteiger partial charge in [-0.05, 0) is 45.4 Å². The number of ether oxygens (including phenoxy) is 1. The van der Waals surface area contributed by atoms with Crippen molar-refractivity contribution in [1.29, 1.82) is 0 Å². The van der Waals surface area contributed by atoms with Gasteiger partial charge in [0.25, 0.3) is 0 Å². The van der Waals surface area contributed by atoms with Gasteiger partial charge in [0.1, 0.15) is 30.7 Å². The van der Waals surface area contributed by atoms with Gasteiger partial charge in [0.15, 0.2) is 0 Å². The fourth-order valence-corrected chi connectivity index (χ4v) is 3.24. The third kappa shape index (κ3) is 6.10. The van der Waals surface area contributed by atoms with Crippen LogP contribution in [0, 0.1) is 13.8 Å². The molecule has 1 aromatic heterocycles. The molecule has 0 spiro atoms. The van der Waals surface area contributed by atoms with Crippen molar-refractivity contribution in [2.45, 2.75) is 64.4 Å². The molecule has 0 bridgehead atoms. The molecule has 1 aliphatic rings. The zero-order valence-electron chi connectivity index (χ0n) is 17.7. The highest BCUT2D eigenvalue weighted by Crippen LogP contribution is 2.34. The molecule has 0 saturated carbocycles. The summed E-state index contributed by atoms with van der Waals surface area (Å²) in [5.41, 5.74) is 2.29. The van der Waals surface area contributed by atoms with Crippen molar-refractivity contribution in [3.8, 4) is 0 Å². The van der Waals surface area contributed by atoms with E-state index in [9.17, 15) is 28.5 Å². The predicted octanol–water partition coefficient (Wildman–Crippen LogP) is 3.37. The summed E-state index contributed by atoms with van der Waals surface area (Å²) in [7, 11) is 0. The first kappa shape index (κ1) is 24.9. The van der Waals surface area contributed by atoms with E-state index < -0.39 is 42.3 Å². The number of nitrogens with zero attached hydrogens (tertiary/aromatic N) is 2. The molecule has 5 unspecified atom stereocenters. The van der Waals surface area contributed by atoms with Crippen molar-refractivity contribution in [1.82, 2.24) is 9.97 Å². The summed E-state index contributed by atoms with van der Waals surface area (Å²) in [5.74, 6) is 0. The van der Waals surface area contributed by atoms with E-state index in [1.165, 1.54) is 19.1 Å². The zero-order valence-corrected chi connectivity index (χ0v) is 17.7. The summed E-state index contributed by atoms with van der Waals surface area (Å²) < 4.78 is 43.0. The highest BCUT2D eigenvalue weighted by atomic mass is 19.4. The van der Waals surface area contributed by atoms with Gasteiger partial charge in [-0.2, -0.15) is 13.2 Å². The standard InChI is InChI=1S/C13H15F3O4.C9H12N2/c1-6-9(17)11(19)12(20-6)10(18)7-3-2-4-8(5-7)13(14,15)16;1-4-5-9-7(2)10-6-11-8(9)3/h2-6,9-12,17-19H,1H3;4-6H,1-3H3/b;5-4-. The molecule has 3 N–H and O–H groups in total. The fourth-order valence-electron chi connectivity index (χ4n) is 3.24. The molecule has 2 aromatic rings. The predicted molar refractivity (Wildman–Crippen MR) is 109 cm³/mol. The Balaban J connectivity index is 0.000000262. The van der Waals surface area contributed by atoms with Gasteiger partial charge in [-0.3, -0.25) is 0 Å². The summed E-state index contributed by atoms with van der Waals surface area (Å²) in [6.45, 7) is 7.48. The number of allylic oxidation sites excluding steroid dienone is 1. The van der Waals surface area contributed by atoms with E-state index in [0.29, 0.717) is 0 Å². The molecule has 0 aliphatic carbocycles. The van der Waals surface area contributed by atoms with Gasteiger partial charge in [0.05, 0.1) is 11.7 Å². The lowest BCUT2D eigenvalue weighted by atomic mass is 9.97. The van der Waals surface area contributed by atoms with Crippen LogP contribution in [-0.2, 0) is 10.9 Å². The summed E-state index contributed by atoms with van der Waals surface area (Å²) in [4.78, 5) is 8.19. The largest absolute Gasteiger partial charge is 0.416 e.